The Labute approximate surface area is 115 Å². The Balaban J connectivity index is 2.10. The number of hydrazine groups is 1. The predicted molar refractivity (Wildman–Crippen MR) is 77.5 cm³/mol. The average molecular weight is 267 g/mol. The Morgan fingerprint density at radius 3 is 2.78 bits per heavy atom. The lowest BCUT2D eigenvalue weighted by molar-refractivity contribution is 0.297. The van der Waals surface area contributed by atoms with Gasteiger partial charge in [-0.25, -0.2) is 0 Å². The lowest BCUT2D eigenvalue weighted by atomic mass is 9.87. The van der Waals surface area contributed by atoms with E-state index in [4.69, 9.17) is 17.4 Å². The maximum Gasteiger partial charge on any atom is 0.0441 e. The maximum absolute atomic E-state index is 6.31. The summed E-state index contributed by atoms with van der Waals surface area (Å²) in [7, 11) is 0. The molecule has 2 rings (SSSR count). The number of nitrogens with one attached hydrogen (secondary N) is 1. The highest BCUT2D eigenvalue weighted by Crippen LogP contribution is 2.35. The number of nitrogens with two attached hydrogens (primary N) is 1. The van der Waals surface area contributed by atoms with Gasteiger partial charge in [0.15, 0.2) is 0 Å². The van der Waals surface area contributed by atoms with E-state index in [1.807, 2.05) is 6.07 Å². The molecule has 1 aliphatic rings. The molecule has 1 saturated carbocycles. The maximum atomic E-state index is 6.31. The molecule has 0 bridgehead atoms. The van der Waals surface area contributed by atoms with Crippen molar-refractivity contribution in [3.05, 3.63) is 34.3 Å². The Morgan fingerprint density at radius 2 is 2.22 bits per heavy atom. The molecule has 0 saturated heterocycles. The molecule has 0 amide bonds. The standard InChI is InChI=1S/C15H23ClN2/c1-10-6-7-12(14(16)8-10)9-15(18-17)13-5-3-4-11(13)2/h6-8,11,13,15,18H,3-5,9,17H2,1-2H3. The Morgan fingerprint density at radius 1 is 1.44 bits per heavy atom. The van der Waals surface area contributed by atoms with Gasteiger partial charge in [-0.1, -0.05) is 43.5 Å². The first kappa shape index (κ1) is 13.9. The van der Waals surface area contributed by atoms with Gasteiger partial charge in [0.2, 0.25) is 0 Å². The van der Waals surface area contributed by atoms with E-state index in [1.54, 1.807) is 0 Å². The first-order chi connectivity index (χ1) is 8.61. The summed E-state index contributed by atoms with van der Waals surface area (Å²) < 4.78 is 0. The molecule has 0 aromatic heterocycles. The number of rotatable bonds is 4. The SMILES string of the molecule is Cc1ccc(CC(NN)C2CCCC2C)c(Cl)c1. The van der Waals surface area contributed by atoms with Crippen molar-refractivity contribution in [1.29, 1.82) is 0 Å². The van der Waals surface area contributed by atoms with Crippen LogP contribution >= 0.6 is 11.6 Å². The molecule has 1 aromatic carbocycles. The van der Waals surface area contributed by atoms with Crippen LogP contribution < -0.4 is 11.3 Å². The van der Waals surface area contributed by atoms with Crippen LogP contribution in [-0.4, -0.2) is 6.04 Å². The fraction of sp³-hybridized carbons (Fsp3) is 0.600. The average Bonchev–Trinajstić information content (AvgIpc) is 2.75. The molecule has 100 valence electrons. The number of hydrogen-bond donors (Lipinski definition) is 2. The van der Waals surface area contributed by atoms with Crippen LogP contribution in [0.5, 0.6) is 0 Å². The van der Waals surface area contributed by atoms with Crippen molar-refractivity contribution >= 4 is 11.6 Å². The second-order valence-electron chi connectivity index (χ2n) is 5.64. The quantitative estimate of drug-likeness (QED) is 0.647. The summed E-state index contributed by atoms with van der Waals surface area (Å²) in [5.74, 6) is 7.18. The van der Waals surface area contributed by atoms with Crippen LogP contribution in [0, 0.1) is 18.8 Å². The van der Waals surface area contributed by atoms with E-state index in [2.05, 4.69) is 31.4 Å². The molecule has 18 heavy (non-hydrogen) atoms. The third-order valence-corrected chi connectivity index (χ3v) is 4.66. The third kappa shape index (κ3) is 3.05. The van der Waals surface area contributed by atoms with E-state index in [-0.39, 0.29) is 0 Å². The van der Waals surface area contributed by atoms with Gasteiger partial charge in [0, 0.05) is 11.1 Å². The summed E-state index contributed by atoms with van der Waals surface area (Å²) in [5, 5.41) is 0.862. The lowest BCUT2D eigenvalue weighted by Gasteiger charge is -2.26. The highest BCUT2D eigenvalue weighted by Gasteiger charge is 2.30. The predicted octanol–water partition coefficient (Wildman–Crippen LogP) is 3.46. The molecule has 0 aliphatic heterocycles. The zero-order chi connectivity index (χ0) is 13.1. The van der Waals surface area contributed by atoms with Crippen molar-refractivity contribution in [2.24, 2.45) is 17.7 Å². The third-order valence-electron chi connectivity index (χ3n) is 4.31. The molecule has 3 heteroatoms. The molecular formula is C15H23ClN2. The van der Waals surface area contributed by atoms with Crippen LogP contribution in [0.15, 0.2) is 18.2 Å². The van der Waals surface area contributed by atoms with Gasteiger partial charge < -0.3 is 0 Å². The minimum absolute atomic E-state index is 0.336. The number of halogens is 1. The van der Waals surface area contributed by atoms with E-state index in [9.17, 15) is 0 Å². The fourth-order valence-electron chi connectivity index (χ4n) is 3.16. The van der Waals surface area contributed by atoms with E-state index in [0.717, 1.165) is 17.4 Å². The topological polar surface area (TPSA) is 38.0 Å². The largest absolute Gasteiger partial charge is 0.271 e. The van der Waals surface area contributed by atoms with Gasteiger partial charge in [-0.15, -0.1) is 0 Å². The van der Waals surface area contributed by atoms with Gasteiger partial charge >= 0.3 is 0 Å². The molecule has 1 aromatic rings. The second-order valence-corrected chi connectivity index (χ2v) is 6.05. The summed E-state index contributed by atoms with van der Waals surface area (Å²) in [5.41, 5.74) is 5.41. The molecule has 0 heterocycles. The Bertz CT molecular complexity index is 405. The van der Waals surface area contributed by atoms with E-state index >= 15 is 0 Å². The zero-order valence-electron chi connectivity index (χ0n) is 11.2. The molecular weight excluding hydrogens is 244 g/mol. The molecule has 0 radical (unpaired) electrons. The van der Waals surface area contributed by atoms with Crippen LogP contribution in [0.3, 0.4) is 0 Å². The minimum atomic E-state index is 0.336. The van der Waals surface area contributed by atoms with Crippen LogP contribution in [0.2, 0.25) is 5.02 Å². The van der Waals surface area contributed by atoms with Crippen LogP contribution in [0.1, 0.15) is 37.3 Å². The highest BCUT2D eigenvalue weighted by molar-refractivity contribution is 6.31. The summed E-state index contributed by atoms with van der Waals surface area (Å²) in [6.07, 6.45) is 4.85. The van der Waals surface area contributed by atoms with Crippen LogP contribution in [0.4, 0.5) is 0 Å². The number of aryl methyl sites for hydroxylation is 1. The van der Waals surface area contributed by atoms with Gasteiger partial charge in [0.05, 0.1) is 0 Å². The molecule has 3 N–H and O–H groups in total. The summed E-state index contributed by atoms with van der Waals surface area (Å²) >= 11 is 6.31. The van der Waals surface area contributed by atoms with Crippen molar-refractivity contribution in [2.45, 2.75) is 45.6 Å². The smallest absolute Gasteiger partial charge is 0.0441 e. The van der Waals surface area contributed by atoms with Gasteiger partial charge in [0.25, 0.3) is 0 Å². The lowest BCUT2D eigenvalue weighted by Crippen LogP contribution is -2.43. The van der Waals surface area contributed by atoms with Crippen molar-refractivity contribution in [3.63, 3.8) is 0 Å². The molecule has 1 aliphatic carbocycles. The summed E-state index contributed by atoms with van der Waals surface area (Å²) in [6.45, 7) is 4.39. The minimum Gasteiger partial charge on any atom is -0.271 e. The summed E-state index contributed by atoms with van der Waals surface area (Å²) in [4.78, 5) is 0. The van der Waals surface area contributed by atoms with Crippen molar-refractivity contribution < 1.29 is 0 Å². The van der Waals surface area contributed by atoms with Gasteiger partial charge in [-0.3, -0.25) is 11.3 Å². The van der Waals surface area contributed by atoms with Gasteiger partial charge in [-0.05, 0) is 48.8 Å². The molecule has 3 atom stereocenters. The Kier molecular flexibility index (Phi) is 4.66. The van der Waals surface area contributed by atoms with Gasteiger partial charge in [0.1, 0.15) is 0 Å². The van der Waals surface area contributed by atoms with Crippen LogP contribution in [-0.2, 0) is 6.42 Å². The van der Waals surface area contributed by atoms with Gasteiger partial charge in [-0.2, -0.15) is 0 Å². The van der Waals surface area contributed by atoms with E-state index in [0.29, 0.717) is 12.0 Å². The second kappa shape index (κ2) is 6.05. The van der Waals surface area contributed by atoms with E-state index < -0.39 is 0 Å². The monoisotopic (exact) mass is 266 g/mol. The van der Waals surface area contributed by atoms with E-state index in [1.165, 1.54) is 30.4 Å². The molecule has 1 fully saturated rings. The molecule has 0 spiro atoms. The number of hydrogen-bond acceptors (Lipinski definition) is 2. The Hall–Kier alpha value is -0.570. The normalized spacial score (nSPS) is 25.3. The first-order valence-electron chi connectivity index (χ1n) is 6.83. The molecule has 3 unspecified atom stereocenters. The fourth-order valence-corrected chi connectivity index (χ4v) is 3.47. The van der Waals surface area contributed by atoms with Crippen LogP contribution in [0.25, 0.3) is 0 Å². The first-order valence-corrected chi connectivity index (χ1v) is 7.20. The number of benzene rings is 1. The van der Waals surface area contributed by atoms with Crippen molar-refractivity contribution in [3.8, 4) is 0 Å². The van der Waals surface area contributed by atoms with Crippen molar-refractivity contribution in [2.75, 3.05) is 0 Å². The van der Waals surface area contributed by atoms with Crippen molar-refractivity contribution in [1.82, 2.24) is 5.43 Å². The highest BCUT2D eigenvalue weighted by atomic mass is 35.5. The summed E-state index contributed by atoms with van der Waals surface area (Å²) in [6, 6.07) is 6.61. The molecule has 2 nitrogen and oxygen atoms in total. The zero-order valence-corrected chi connectivity index (χ0v) is 12.0.